The Morgan fingerprint density at radius 3 is 2.40 bits per heavy atom. The van der Waals surface area contributed by atoms with Crippen molar-refractivity contribution in [3.8, 4) is 0 Å². The van der Waals surface area contributed by atoms with Crippen molar-refractivity contribution < 1.29 is 19.1 Å². The third kappa shape index (κ3) is 4.89. The number of ether oxygens (including phenoxy) is 2. The molecule has 0 aromatic heterocycles. The lowest BCUT2D eigenvalue weighted by Crippen LogP contribution is -2.17. The molecule has 0 fully saturated rings. The summed E-state index contributed by atoms with van der Waals surface area (Å²) in [7, 11) is 0. The molecule has 0 spiro atoms. The van der Waals surface area contributed by atoms with Crippen LogP contribution < -0.4 is 5.73 Å². The Balaban J connectivity index is 3.20. The van der Waals surface area contributed by atoms with E-state index in [-0.39, 0.29) is 6.42 Å². The summed E-state index contributed by atoms with van der Waals surface area (Å²) >= 11 is 0. The van der Waals surface area contributed by atoms with Gasteiger partial charge in [0.05, 0.1) is 0 Å². The first-order valence-electron chi connectivity index (χ1n) is 2.74. The van der Waals surface area contributed by atoms with Gasteiger partial charge in [0.15, 0.2) is 0 Å². The Labute approximate surface area is 58.1 Å². The van der Waals surface area contributed by atoms with Gasteiger partial charge in [-0.3, -0.25) is 4.79 Å². The van der Waals surface area contributed by atoms with Gasteiger partial charge in [0.2, 0.25) is 6.79 Å². The van der Waals surface area contributed by atoms with Gasteiger partial charge >= 0.3 is 12.1 Å². The van der Waals surface area contributed by atoms with Gasteiger partial charge in [-0.1, -0.05) is 6.92 Å². The molecule has 0 aliphatic heterocycles. The quantitative estimate of drug-likeness (QED) is 0.450. The van der Waals surface area contributed by atoms with Crippen LogP contribution >= 0.6 is 0 Å². The number of primary amides is 1. The molecule has 0 saturated heterocycles. The van der Waals surface area contributed by atoms with Crippen LogP contribution in [-0.2, 0) is 14.3 Å². The zero-order valence-corrected chi connectivity index (χ0v) is 5.62. The molecule has 2 N–H and O–H groups in total. The summed E-state index contributed by atoms with van der Waals surface area (Å²) in [6.07, 6.45) is -0.703. The third-order valence-electron chi connectivity index (χ3n) is 0.710. The van der Waals surface area contributed by atoms with Crippen LogP contribution in [0.1, 0.15) is 13.3 Å². The molecule has 5 nitrogen and oxygen atoms in total. The van der Waals surface area contributed by atoms with Crippen molar-refractivity contribution in [2.24, 2.45) is 5.73 Å². The molecule has 0 rings (SSSR count). The number of carbonyl (C=O) groups excluding carboxylic acids is 2. The zero-order chi connectivity index (χ0) is 7.98. The molecule has 0 atom stereocenters. The smallest absolute Gasteiger partial charge is 0.407 e. The average Bonchev–Trinajstić information content (AvgIpc) is 1.87. The summed E-state index contributed by atoms with van der Waals surface area (Å²) in [5.74, 6) is -0.429. The molecule has 0 aliphatic carbocycles. The van der Waals surface area contributed by atoms with E-state index in [2.05, 4.69) is 15.2 Å². The standard InChI is InChI=1S/C5H9NO4/c1-2-4(7)9-3-10-5(6)8/h2-3H2,1H3,(H2,6,8). The lowest BCUT2D eigenvalue weighted by atomic mass is 10.5. The second-order valence-corrected chi connectivity index (χ2v) is 1.45. The predicted octanol–water partition coefficient (Wildman–Crippen LogP) is -0.00760. The van der Waals surface area contributed by atoms with Crippen LogP contribution in [0.5, 0.6) is 0 Å². The van der Waals surface area contributed by atoms with Crippen molar-refractivity contribution in [1.29, 1.82) is 0 Å². The second-order valence-electron chi connectivity index (χ2n) is 1.45. The summed E-state index contributed by atoms with van der Waals surface area (Å²) in [6.45, 7) is 1.23. The Morgan fingerprint density at radius 1 is 1.40 bits per heavy atom. The molecule has 10 heavy (non-hydrogen) atoms. The van der Waals surface area contributed by atoms with E-state index in [1.807, 2.05) is 0 Å². The molecule has 5 heteroatoms. The summed E-state index contributed by atoms with van der Waals surface area (Å²) in [4.78, 5) is 20.2. The Hall–Kier alpha value is -1.26. The largest absolute Gasteiger partial charge is 0.428 e. The van der Waals surface area contributed by atoms with E-state index in [9.17, 15) is 9.59 Å². The van der Waals surface area contributed by atoms with Crippen LogP contribution in [0.25, 0.3) is 0 Å². The fourth-order valence-electron chi connectivity index (χ4n) is 0.255. The van der Waals surface area contributed by atoms with E-state index in [0.717, 1.165) is 0 Å². The molecule has 0 aliphatic rings. The van der Waals surface area contributed by atoms with E-state index in [1.165, 1.54) is 0 Å². The normalized spacial score (nSPS) is 8.50. The van der Waals surface area contributed by atoms with Gasteiger partial charge in [-0.25, -0.2) is 4.79 Å². The highest BCUT2D eigenvalue weighted by molar-refractivity contribution is 5.69. The van der Waals surface area contributed by atoms with Crippen molar-refractivity contribution in [3.05, 3.63) is 0 Å². The summed E-state index contributed by atoms with van der Waals surface area (Å²) in [6, 6.07) is 0. The fraction of sp³-hybridized carbons (Fsp3) is 0.600. The van der Waals surface area contributed by atoms with Gasteiger partial charge in [-0.05, 0) is 0 Å². The number of hydrogen-bond donors (Lipinski definition) is 1. The van der Waals surface area contributed by atoms with Crippen molar-refractivity contribution in [1.82, 2.24) is 0 Å². The number of amides is 1. The first-order valence-corrected chi connectivity index (χ1v) is 2.74. The zero-order valence-electron chi connectivity index (χ0n) is 5.62. The maximum atomic E-state index is 10.3. The molecule has 0 heterocycles. The Bertz CT molecular complexity index is 134. The Kier molecular flexibility index (Phi) is 4.02. The van der Waals surface area contributed by atoms with E-state index in [1.54, 1.807) is 6.92 Å². The van der Waals surface area contributed by atoms with Crippen molar-refractivity contribution >= 4 is 12.1 Å². The number of hydrogen-bond acceptors (Lipinski definition) is 4. The molecule has 1 amide bonds. The highest BCUT2D eigenvalue weighted by atomic mass is 16.7. The van der Waals surface area contributed by atoms with E-state index in [0.29, 0.717) is 0 Å². The summed E-state index contributed by atoms with van der Waals surface area (Å²) in [5, 5.41) is 0. The van der Waals surface area contributed by atoms with Crippen LogP contribution in [0.15, 0.2) is 0 Å². The number of esters is 1. The molecule has 58 valence electrons. The molecule has 0 aromatic carbocycles. The maximum Gasteiger partial charge on any atom is 0.407 e. The van der Waals surface area contributed by atoms with Crippen LogP contribution in [0.2, 0.25) is 0 Å². The minimum atomic E-state index is -0.955. The molecule has 0 bridgehead atoms. The number of rotatable bonds is 3. The molecule has 0 aromatic rings. The second kappa shape index (κ2) is 4.60. The molecule has 0 unspecified atom stereocenters. The topological polar surface area (TPSA) is 78.6 Å². The maximum absolute atomic E-state index is 10.3. The predicted molar refractivity (Wildman–Crippen MR) is 31.9 cm³/mol. The first kappa shape index (κ1) is 8.74. The van der Waals surface area contributed by atoms with Gasteiger partial charge < -0.3 is 15.2 Å². The van der Waals surface area contributed by atoms with Crippen molar-refractivity contribution in [2.75, 3.05) is 6.79 Å². The minimum absolute atomic E-state index is 0.252. The molecule has 0 radical (unpaired) electrons. The number of nitrogens with two attached hydrogens (primary N) is 1. The number of carbonyl (C=O) groups is 2. The van der Waals surface area contributed by atoms with E-state index >= 15 is 0 Å². The highest BCUT2D eigenvalue weighted by Gasteiger charge is 1.98. The lowest BCUT2D eigenvalue weighted by Gasteiger charge is -2.00. The lowest BCUT2D eigenvalue weighted by molar-refractivity contribution is -0.151. The van der Waals surface area contributed by atoms with Crippen LogP contribution in [-0.4, -0.2) is 18.9 Å². The molecular formula is C5H9NO4. The third-order valence-corrected chi connectivity index (χ3v) is 0.710. The van der Waals surface area contributed by atoms with Crippen LogP contribution in [0, 0.1) is 0 Å². The first-order chi connectivity index (χ1) is 4.66. The summed E-state index contributed by atoms with van der Waals surface area (Å²) in [5.41, 5.74) is 4.57. The van der Waals surface area contributed by atoms with Gasteiger partial charge in [0, 0.05) is 6.42 Å². The van der Waals surface area contributed by atoms with Gasteiger partial charge in [-0.2, -0.15) is 0 Å². The van der Waals surface area contributed by atoms with Crippen molar-refractivity contribution in [3.63, 3.8) is 0 Å². The highest BCUT2D eigenvalue weighted by Crippen LogP contribution is 1.84. The van der Waals surface area contributed by atoms with Gasteiger partial charge in [0.25, 0.3) is 0 Å². The molecular weight excluding hydrogens is 138 g/mol. The van der Waals surface area contributed by atoms with E-state index < -0.39 is 18.9 Å². The van der Waals surface area contributed by atoms with Gasteiger partial charge in [-0.15, -0.1) is 0 Å². The minimum Gasteiger partial charge on any atom is -0.428 e. The van der Waals surface area contributed by atoms with Crippen LogP contribution in [0.4, 0.5) is 4.79 Å². The van der Waals surface area contributed by atoms with Crippen molar-refractivity contribution in [2.45, 2.75) is 13.3 Å². The Morgan fingerprint density at radius 2 is 2.00 bits per heavy atom. The monoisotopic (exact) mass is 147 g/mol. The van der Waals surface area contributed by atoms with Gasteiger partial charge in [0.1, 0.15) is 0 Å². The van der Waals surface area contributed by atoms with E-state index in [4.69, 9.17) is 0 Å². The average molecular weight is 147 g/mol. The van der Waals surface area contributed by atoms with Crippen LogP contribution in [0.3, 0.4) is 0 Å². The molecule has 0 saturated carbocycles. The SMILES string of the molecule is CCC(=O)OCOC(N)=O. The summed E-state index contributed by atoms with van der Waals surface area (Å²) < 4.78 is 8.45. The fourth-order valence-corrected chi connectivity index (χ4v) is 0.255.